The van der Waals surface area contributed by atoms with E-state index in [1.165, 1.54) is 4.90 Å². The molecule has 1 fully saturated rings. The van der Waals surface area contributed by atoms with E-state index in [9.17, 15) is 29.8 Å². The lowest BCUT2D eigenvalue weighted by atomic mass is 10.1. The molecule has 1 saturated heterocycles. The molecule has 0 bridgehead atoms. The first-order valence-electron chi connectivity index (χ1n) is 10.8. The number of imide groups is 1. The molecule has 11 heteroatoms. The quantitative estimate of drug-likeness (QED) is 0.197. The number of nitrogens with zero attached hydrogens (tertiary/aromatic N) is 3. The summed E-state index contributed by atoms with van der Waals surface area (Å²) >= 11 is 0.876. The molecule has 3 aromatic rings. The van der Waals surface area contributed by atoms with Crippen molar-refractivity contribution in [1.29, 1.82) is 0 Å². The fourth-order valence-corrected chi connectivity index (χ4v) is 4.40. The maximum Gasteiger partial charge on any atom is 0.318 e. The van der Waals surface area contributed by atoms with Gasteiger partial charge >= 0.3 is 5.69 Å². The Bertz CT molecular complexity index is 1360. The van der Waals surface area contributed by atoms with Crippen LogP contribution >= 0.6 is 11.8 Å². The lowest BCUT2D eigenvalue weighted by Gasteiger charge is -2.12. The Balaban J connectivity index is 1.41. The molecule has 1 aliphatic rings. The Kier molecular flexibility index (Phi) is 7.40. The van der Waals surface area contributed by atoms with Crippen molar-refractivity contribution in [2.45, 2.75) is 12.8 Å². The van der Waals surface area contributed by atoms with Crippen molar-refractivity contribution in [2.75, 3.05) is 6.54 Å². The van der Waals surface area contributed by atoms with Crippen LogP contribution in [-0.4, -0.2) is 32.4 Å². The number of ether oxygens (including phenoxy) is 1. The highest BCUT2D eigenvalue weighted by Gasteiger charge is 2.34. The van der Waals surface area contributed by atoms with Crippen molar-refractivity contribution in [3.05, 3.63) is 109 Å². The van der Waals surface area contributed by atoms with Gasteiger partial charge in [-0.3, -0.25) is 34.7 Å². The third-order valence-corrected chi connectivity index (χ3v) is 6.23. The van der Waals surface area contributed by atoms with Crippen molar-refractivity contribution >= 4 is 40.4 Å². The second kappa shape index (κ2) is 10.8. The molecule has 2 amide bonds. The highest BCUT2D eigenvalue weighted by Crippen LogP contribution is 2.35. The minimum atomic E-state index is -0.757. The summed E-state index contributed by atoms with van der Waals surface area (Å²) in [4.78, 5) is 47.3. The number of aryl methyl sites for hydroxylation is 1. The van der Waals surface area contributed by atoms with Gasteiger partial charge in [0.1, 0.15) is 5.75 Å². The van der Waals surface area contributed by atoms with Gasteiger partial charge in [0.25, 0.3) is 16.8 Å². The fraction of sp³-hybridized carbons (Fsp3) is 0.120. The third kappa shape index (κ3) is 5.76. The molecular weight excluding hydrogens is 486 g/mol. The molecule has 0 saturated carbocycles. The van der Waals surface area contributed by atoms with E-state index in [-0.39, 0.29) is 22.6 Å². The topological polar surface area (TPSA) is 133 Å². The van der Waals surface area contributed by atoms with Crippen molar-refractivity contribution in [1.82, 2.24) is 4.90 Å². The van der Waals surface area contributed by atoms with Gasteiger partial charge in [-0.15, -0.1) is 0 Å². The molecule has 0 N–H and O–H groups in total. The van der Waals surface area contributed by atoms with Crippen LogP contribution in [0.5, 0.6) is 11.5 Å². The smallest absolute Gasteiger partial charge is 0.318 e. The Labute approximate surface area is 209 Å². The van der Waals surface area contributed by atoms with Crippen LogP contribution in [0.25, 0.3) is 6.08 Å². The number of hydrogen-bond acceptors (Lipinski definition) is 8. The molecule has 1 aliphatic heterocycles. The molecule has 36 heavy (non-hydrogen) atoms. The summed E-state index contributed by atoms with van der Waals surface area (Å²) in [5.74, 6) is -0.229. The summed E-state index contributed by atoms with van der Waals surface area (Å²) in [6, 6.07) is 19.3. The zero-order valence-electron chi connectivity index (χ0n) is 18.7. The minimum absolute atomic E-state index is 0.144. The van der Waals surface area contributed by atoms with E-state index in [1.54, 1.807) is 30.3 Å². The van der Waals surface area contributed by atoms with Crippen molar-refractivity contribution < 1.29 is 24.2 Å². The van der Waals surface area contributed by atoms with E-state index in [2.05, 4.69) is 0 Å². The van der Waals surface area contributed by atoms with Gasteiger partial charge in [0.2, 0.25) is 5.75 Å². The van der Waals surface area contributed by atoms with Gasteiger partial charge in [0.05, 0.1) is 20.8 Å². The molecule has 0 spiro atoms. The van der Waals surface area contributed by atoms with E-state index in [0.29, 0.717) is 23.4 Å². The third-order valence-electron chi connectivity index (χ3n) is 5.32. The average Bonchev–Trinajstić information content (AvgIpc) is 3.13. The summed E-state index contributed by atoms with van der Waals surface area (Å²) in [5, 5.41) is 21.9. The van der Waals surface area contributed by atoms with Crippen LogP contribution in [0.3, 0.4) is 0 Å². The molecule has 3 aromatic carbocycles. The first-order chi connectivity index (χ1) is 17.3. The van der Waals surface area contributed by atoms with Gasteiger partial charge in [0.15, 0.2) is 0 Å². The van der Waals surface area contributed by atoms with Gasteiger partial charge < -0.3 is 4.74 Å². The maximum absolute atomic E-state index is 12.7. The number of rotatable bonds is 9. The van der Waals surface area contributed by atoms with E-state index in [4.69, 9.17) is 4.74 Å². The number of benzene rings is 3. The first kappa shape index (κ1) is 24.6. The van der Waals surface area contributed by atoms with Gasteiger partial charge in [0, 0.05) is 12.6 Å². The zero-order valence-corrected chi connectivity index (χ0v) is 19.6. The first-order valence-corrected chi connectivity index (χ1v) is 11.6. The van der Waals surface area contributed by atoms with Crippen molar-refractivity contribution in [2.24, 2.45) is 0 Å². The second-order valence-corrected chi connectivity index (χ2v) is 8.75. The molecule has 1 heterocycles. The van der Waals surface area contributed by atoms with Gasteiger partial charge in [-0.25, -0.2) is 0 Å². The molecule has 4 rings (SSSR count). The number of thioether (sulfide) groups is 1. The normalized spacial score (nSPS) is 14.3. The molecule has 0 unspecified atom stereocenters. The largest absolute Gasteiger partial charge is 0.450 e. The number of nitro groups is 2. The number of amides is 2. The minimum Gasteiger partial charge on any atom is -0.450 e. The predicted molar refractivity (Wildman–Crippen MR) is 134 cm³/mol. The van der Waals surface area contributed by atoms with Crippen LogP contribution < -0.4 is 4.74 Å². The number of carbonyl (C=O) groups is 2. The van der Waals surface area contributed by atoms with E-state index in [1.807, 2.05) is 30.3 Å². The van der Waals surface area contributed by atoms with Gasteiger partial charge in [-0.2, -0.15) is 0 Å². The summed E-state index contributed by atoms with van der Waals surface area (Å²) in [5.41, 5.74) is 0.823. The summed E-state index contributed by atoms with van der Waals surface area (Å²) in [6.45, 7) is 0.331. The zero-order chi connectivity index (χ0) is 25.7. The fourth-order valence-electron chi connectivity index (χ4n) is 3.54. The number of carbonyl (C=O) groups excluding carboxylic acids is 2. The standard InChI is InChI=1S/C25H19N3O7S/c29-24-23(36-25(30)26(24)14-4-7-17-5-2-1-3-6-17)15-18-8-11-20(12-9-18)35-22-13-10-19(27(31)32)16-21(22)28(33)34/h1-3,5-6,8-13,15-16H,4,7,14H2/b23-15+. The SMILES string of the molecule is O=C1S/C(=C/c2ccc(Oc3ccc([N+](=O)[O-])cc3[N+](=O)[O-])cc2)C(=O)N1CCCc1ccccc1. The van der Waals surface area contributed by atoms with Crippen molar-refractivity contribution in [3.63, 3.8) is 0 Å². The molecule has 0 atom stereocenters. The predicted octanol–water partition coefficient (Wildman–Crippen LogP) is 5.96. The summed E-state index contributed by atoms with van der Waals surface area (Å²) < 4.78 is 5.55. The van der Waals surface area contributed by atoms with Crippen LogP contribution in [0.2, 0.25) is 0 Å². The molecule has 0 aromatic heterocycles. The Morgan fingerprint density at radius 2 is 1.64 bits per heavy atom. The average molecular weight is 506 g/mol. The Hall–Kier alpha value is -4.51. The van der Waals surface area contributed by atoms with Crippen molar-refractivity contribution in [3.8, 4) is 11.5 Å². The maximum atomic E-state index is 12.7. The van der Waals surface area contributed by atoms with Crippen LogP contribution in [0.1, 0.15) is 17.5 Å². The van der Waals surface area contributed by atoms with E-state index in [0.717, 1.165) is 41.9 Å². The van der Waals surface area contributed by atoms with Crippen LogP contribution in [0.15, 0.2) is 77.7 Å². The lowest BCUT2D eigenvalue weighted by molar-refractivity contribution is -0.394. The van der Waals surface area contributed by atoms with Gasteiger partial charge in [-0.1, -0.05) is 42.5 Å². The van der Waals surface area contributed by atoms with Crippen LogP contribution in [0, 0.1) is 20.2 Å². The van der Waals surface area contributed by atoms with Gasteiger partial charge in [-0.05, 0) is 60.0 Å². The monoisotopic (exact) mass is 505 g/mol. The van der Waals surface area contributed by atoms with Crippen LogP contribution in [0.4, 0.5) is 16.2 Å². The van der Waals surface area contributed by atoms with E-state index < -0.39 is 21.2 Å². The number of nitro benzene ring substituents is 2. The number of non-ortho nitro benzene ring substituents is 1. The molecule has 0 aliphatic carbocycles. The van der Waals surface area contributed by atoms with Crippen LogP contribution in [-0.2, 0) is 11.2 Å². The molecule has 182 valence electrons. The highest BCUT2D eigenvalue weighted by atomic mass is 32.2. The second-order valence-electron chi connectivity index (χ2n) is 7.76. The Morgan fingerprint density at radius 3 is 2.31 bits per heavy atom. The summed E-state index contributed by atoms with van der Waals surface area (Å²) in [6.07, 6.45) is 3.02. The highest BCUT2D eigenvalue weighted by molar-refractivity contribution is 8.18. The molecular formula is C25H19N3O7S. The van der Waals surface area contributed by atoms with E-state index >= 15 is 0 Å². The Morgan fingerprint density at radius 1 is 0.917 bits per heavy atom. The molecule has 10 nitrogen and oxygen atoms in total. The molecule has 0 radical (unpaired) electrons. The lowest BCUT2D eigenvalue weighted by Crippen LogP contribution is -2.29. The number of hydrogen-bond donors (Lipinski definition) is 0. The summed E-state index contributed by atoms with van der Waals surface area (Å²) in [7, 11) is 0.